The second kappa shape index (κ2) is 10.2. The summed E-state index contributed by atoms with van der Waals surface area (Å²) in [7, 11) is 0. The molecular weight excluding hydrogens is 412 g/mol. The number of hydrogen-bond donors (Lipinski definition) is 0. The van der Waals surface area contributed by atoms with Crippen molar-refractivity contribution >= 4 is 33.1 Å². The first kappa shape index (κ1) is 21.6. The molecule has 0 bridgehead atoms. The number of hydrogen-bond acceptors (Lipinski definition) is 7. The largest absolute Gasteiger partial charge is 0.478 e. The third kappa shape index (κ3) is 5.02. The Hall–Kier alpha value is -2.58. The van der Waals surface area contributed by atoms with Gasteiger partial charge in [0.15, 0.2) is 5.69 Å². The van der Waals surface area contributed by atoms with E-state index in [0.717, 1.165) is 39.1 Å². The van der Waals surface area contributed by atoms with E-state index in [1.54, 1.807) is 29.0 Å². The van der Waals surface area contributed by atoms with Crippen LogP contribution in [0.5, 0.6) is 5.88 Å². The molecule has 3 aromatic rings. The van der Waals surface area contributed by atoms with Gasteiger partial charge in [0.25, 0.3) is 0 Å². The molecule has 31 heavy (non-hydrogen) atoms. The fourth-order valence-corrected chi connectivity index (χ4v) is 4.79. The number of rotatable bonds is 9. The highest BCUT2D eigenvalue weighted by Crippen LogP contribution is 2.31. The quantitative estimate of drug-likeness (QED) is 0.370. The predicted molar refractivity (Wildman–Crippen MR) is 124 cm³/mol. The average molecular weight is 443 g/mol. The maximum absolute atomic E-state index is 11.9. The van der Waals surface area contributed by atoms with Crippen LogP contribution >= 0.6 is 11.3 Å². The van der Waals surface area contributed by atoms with Crippen molar-refractivity contribution in [2.75, 3.05) is 50.8 Å². The van der Waals surface area contributed by atoms with Crippen LogP contribution in [-0.2, 0) is 11.3 Å². The van der Waals surface area contributed by atoms with Gasteiger partial charge in [-0.2, -0.15) is 5.10 Å². The SMILES string of the molecule is CCOC(=O)c1cc(OCCCN2CCN(c3cccc4sccc34)CC2)n(CC)n1. The number of piperazine rings is 1. The van der Waals surface area contributed by atoms with Crippen LogP contribution in [0.15, 0.2) is 35.7 Å². The lowest BCUT2D eigenvalue weighted by Crippen LogP contribution is -2.46. The number of anilines is 1. The molecule has 0 atom stereocenters. The number of fused-ring (bicyclic) bond motifs is 1. The van der Waals surface area contributed by atoms with Gasteiger partial charge in [-0.15, -0.1) is 11.3 Å². The Labute approximate surface area is 187 Å². The summed E-state index contributed by atoms with van der Waals surface area (Å²) in [6.07, 6.45) is 0.934. The molecule has 1 saturated heterocycles. The van der Waals surface area contributed by atoms with E-state index in [4.69, 9.17) is 9.47 Å². The second-order valence-electron chi connectivity index (χ2n) is 7.54. The zero-order valence-corrected chi connectivity index (χ0v) is 19.1. The fraction of sp³-hybridized carbons (Fsp3) is 0.478. The summed E-state index contributed by atoms with van der Waals surface area (Å²) >= 11 is 1.80. The van der Waals surface area contributed by atoms with E-state index in [9.17, 15) is 4.79 Å². The van der Waals surface area contributed by atoms with Crippen molar-refractivity contribution in [3.05, 3.63) is 41.4 Å². The predicted octanol–water partition coefficient (Wildman–Crippen LogP) is 3.89. The molecule has 0 amide bonds. The Morgan fingerprint density at radius 2 is 2.00 bits per heavy atom. The van der Waals surface area contributed by atoms with E-state index in [2.05, 4.69) is 44.5 Å². The molecule has 4 rings (SSSR count). The molecule has 7 nitrogen and oxygen atoms in total. The average Bonchev–Trinajstić information content (AvgIpc) is 3.44. The van der Waals surface area contributed by atoms with Crippen molar-refractivity contribution in [3.8, 4) is 5.88 Å². The number of aryl methyl sites for hydroxylation is 1. The molecule has 0 unspecified atom stereocenters. The third-order valence-electron chi connectivity index (χ3n) is 5.58. The summed E-state index contributed by atoms with van der Waals surface area (Å²) in [5.41, 5.74) is 1.66. The van der Waals surface area contributed by atoms with E-state index >= 15 is 0 Å². The van der Waals surface area contributed by atoms with Gasteiger partial charge in [0.05, 0.1) is 13.2 Å². The Bertz CT molecular complexity index is 1010. The normalized spacial score (nSPS) is 14.8. The van der Waals surface area contributed by atoms with Crippen molar-refractivity contribution in [2.45, 2.75) is 26.8 Å². The van der Waals surface area contributed by atoms with Gasteiger partial charge in [0.2, 0.25) is 5.88 Å². The number of carbonyl (C=O) groups excluding carboxylic acids is 1. The lowest BCUT2D eigenvalue weighted by molar-refractivity contribution is 0.0518. The Morgan fingerprint density at radius 1 is 1.16 bits per heavy atom. The fourth-order valence-electron chi connectivity index (χ4n) is 3.98. The van der Waals surface area contributed by atoms with Gasteiger partial charge in [-0.05, 0) is 43.8 Å². The van der Waals surface area contributed by atoms with Crippen LogP contribution in [0, 0.1) is 0 Å². The molecule has 0 aliphatic carbocycles. The number of nitrogens with zero attached hydrogens (tertiary/aromatic N) is 4. The number of ether oxygens (including phenoxy) is 2. The summed E-state index contributed by atoms with van der Waals surface area (Å²) in [5, 5.41) is 7.81. The molecule has 0 spiro atoms. The maximum Gasteiger partial charge on any atom is 0.358 e. The second-order valence-corrected chi connectivity index (χ2v) is 8.49. The van der Waals surface area contributed by atoms with Crippen molar-refractivity contribution in [2.24, 2.45) is 0 Å². The highest BCUT2D eigenvalue weighted by atomic mass is 32.1. The first-order valence-electron chi connectivity index (χ1n) is 11.0. The first-order valence-corrected chi connectivity index (χ1v) is 11.9. The van der Waals surface area contributed by atoms with E-state index in [0.29, 0.717) is 31.3 Å². The first-order chi connectivity index (χ1) is 15.2. The molecule has 0 saturated carbocycles. The van der Waals surface area contributed by atoms with E-state index in [1.165, 1.54) is 15.8 Å². The van der Waals surface area contributed by atoms with Gasteiger partial charge >= 0.3 is 5.97 Å². The van der Waals surface area contributed by atoms with Crippen molar-refractivity contribution < 1.29 is 14.3 Å². The van der Waals surface area contributed by atoms with Gasteiger partial charge in [-0.25, -0.2) is 9.48 Å². The highest BCUT2D eigenvalue weighted by Gasteiger charge is 2.19. The third-order valence-corrected chi connectivity index (χ3v) is 6.46. The van der Waals surface area contributed by atoms with Gasteiger partial charge in [0, 0.05) is 61.1 Å². The molecular formula is C23H30N4O3S. The van der Waals surface area contributed by atoms with Crippen LogP contribution < -0.4 is 9.64 Å². The molecule has 166 valence electrons. The number of esters is 1. The minimum atomic E-state index is -0.407. The van der Waals surface area contributed by atoms with E-state index in [-0.39, 0.29) is 0 Å². The number of aromatic nitrogens is 2. The van der Waals surface area contributed by atoms with Gasteiger partial charge < -0.3 is 14.4 Å². The smallest absolute Gasteiger partial charge is 0.358 e. The van der Waals surface area contributed by atoms with Gasteiger partial charge in [-0.3, -0.25) is 4.90 Å². The lowest BCUT2D eigenvalue weighted by Gasteiger charge is -2.36. The Morgan fingerprint density at radius 3 is 2.77 bits per heavy atom. The zero-order valence-electron chi connectivity index (χ0n) is 18.2. The standard InChI is InChI=1S/C23H30N4O3S/c1-3-27-22(17-19(24-27)23(28)29-4-2)30-15-6-10-25-11-13-26(14-12-25)20-7-5-8-21-18(20)9-16-31-21/h5,7-9,16-17H,3-4,6,10-15H2,1-2H3. The molecule has 1 aliphatic rings. The van der Waals surface area contributed by atoms with E-state index < -0.39 is 5.97 Å². The molecule has 1 aromatic carbocycles. The minimum absolute atomic E-state index is 0.301. The zero-order chi connectivity index (χ0) is 21.6. The van der Waals surface area contributed by atoms with Crippen LogP contribution in [0.3, 0.4) is 0 Å². The topological polar surface area (TPSA) is 59.8 Å². The molecule has 1 fully saturated rings. The van der Waals surface area contributed by atoms with Crippen LogP contribution in [0.4, 0.5) is 5.69 Å². The van der Waals surface area contributed by atoms with Gasteiger partial charge in [-0.1, -0.05) is 6.07 Å². The van der Waals surface area contributed by atoms with Crippen molar-refractivity contribution in [1.82, 2.24) is 14.7 Å². The molecule has 2 aromatic heterocycles. The highest BCUT2D eigenvalue weighted by molar-refractivity contribution is 7.17. The number of benzene rings is 1. The summed E-state index contributed by atoms with van der Waals surface area (Å²) in [5.74, 6) is 0.217. The number of thiophene rings is 1. The lowest BCUT2D eigenvalue weighted by atomic mass is 10.2. The summed E-state index contributed by atoms with van der Waals surface area (Å²) in [6, 6.07) is 10.5. The van der Waals surface area contributed by atoms with Crippen molar-refractivity contribution in [1.29, 1.82) is 0 Å². The Kier molecular flexibility index (Phi) is 7.09. The summed E-state index contributed by atoms with van der Waals surface area (Å²) < 4.78 is 14.0. The summed E-state index contributed by atoms with van der Waals surface area (Å²) in [4.78, 5) is 16.9. The van der Waals surface area contributed by atoms with Crippen LogP contribution in [-0.4, -0.2) is 66.6 Å². The molecule has 8 heteroatoms. The number of carbonyl (C=O) groups is 1. The summed E-state index contributed by atoms with van der Waals surface area (Å²) in [6.45, 7) is 10.5. The molecule has 0 N–H and O–H groups in total. The molecule has 3 heterocycles. The van der Waals surface area contributed by atoms with Crippen LogP contribution in [0.25, 0.3) is 10.1 Å². The van der Waals surface area contributed by atoms with Crippen LogP contribution in [0.1, 0.15) is 30.8 Å². The van der Waals surface area contributed by atoms with E-state index in [1.807, 2.05) is 6.92 Å². The monoisotopic (exact) mass is 442 g/mol. The van der Waals surface area contributed by atoms with Crippen molar-refractivity contribution in [3.63, 3.8) is 0 Å². The Balaban J connectivity index is 1.23. The molecule has 1 aliphatic heterocycles. The van der Waals surface area contributed by atoms with Gasteiger partial charge in [0.1, 0.15) is 0 Å². The maximum atomic E-state index is 11.9. The molecule has 0 radical (unpaired) electrons. The minimum Gasteiger partial charge on any atom is -0.478 e. The van der Waals surface area contributed by atoms with Crippen LogP contribution in [0.2, 0.25) is 0 Å².